The van der Waals surface area contributed by atoms with Gasteiger partial charge in [0.25, 0.3) is 5.56 Å². The van der Waals surface area contributed by atoms with Crippen LogP contribution >= 0.6 is 11.3 Å². The van der Waals surface area contributed by atoms with E-state index in [9.17, 15) is 9.59 Å². The van der Waals surface area contributed by atoms with E-state index in [1.807, 2.05) is 24.3 Å². The predicted molar refractivity (Wildman–Crippen MR) is 97.7 cm³/mol. The number of carbonyl (C=O) groups excluding carboxylic acids is 1. The quantitative estimate of drug-likeness (QED) is 0.514. The van der Waals surface area contributed by atoms with Gasteiger partial charge >= 0.3 is 5.97 Å². The van der Waals surface area contributed by atoms with Gasteiger partial charge in [-0.1, -0.05) is 12.1 Å². The summed E-state index contributed by atoms with van der Waals surface area (Å²) in [4.78, 5) is 33.9. The smallest absolute Gasteiger partial charge is 0.342 e. The van der Waals surface area contributed by atoms with E-state index in [1.54, 1.807) is 13.8 Å². The number of esters is 1. The number of benzene rings is 1. The minimum absolute atomic E-state index is 0.135. The number of para-hydroxylation sites is 1. The summed E-state index contributed by atoms with van der Waals surface area (Å²) in [6.07, 6.45) is 1.41. The van der Waals surface area contributed by atoms with Gasteiger partial charge in [-0.05, 0) is 26.0 Å². The SMILES string of the molecule is CCOC(=O)c1c(C)oc2ncn(Cc3nc4ccccc4s3)c(=O)c12. The molecule has 0 aliphatic rings. The molecule has 132 valence electrons. The molecular formula is C18H15N3O4S. The number of furan rings is 1. The van der Waals surface area contributed by atoms with E-state index in [0.29, 0.717) is 5.76 Å². The average molecular weight is 369 g/mol. The number of rotatable bonds is 4. The summed E-state index contributed by atoms with van der Waals surface area (Å²) in [6.45, 7) is 3.81. The van der Waals surface area contributed by atoms with Gasteiger partial charge in [-0.3, -0.25) is 9.36 Å². The molecule has 0 saturated heterocycles. The first-order valence-electron chi connectivity index (χ1n) is 8.08. The highest BCUT2D eigenvalue weighted by atomic mass is 32.1. The summed E-state index contributed by atoms with van der Waals surface area (Å²) in [7, 11) is 0. The van der Waals surface area contributed by atoms with Crippen molar-refractivity contribution in [3.63, 3.8) is 0 Å². The van der Waals surface area contributed by atoms with Crippen LogP contribution in [-0.4, -0.2) is 27.1 Å². The Morgan fingerprint density at radius 3 is 2.92 bits per heavy atom. The number of nitrogens with zero attached hydrogens (tertiary/aromatic N) is 3. The molecule has 3 aromatic heterocycles. The second-order valence-electron chi connectivity index (χ2n) is 5.69. The van der Waals surface area contributed by atoms with E-state index in [1.165, 1.54) is 22.2 Å². The molecule has 0 bridgehead atoms. The first-order valence-corrected chi connectivity index (χ1v) is 8.90. The van der Waals surface area contributed by atoms with Crippen LogP contribution in [0.15, 0.2) is 39.8 Å². The number of ether oxygens (including phenoxy) is 1. The van der Waals surface area contributed by atoms with Crippen LogP contribution in [0.1, 0.15) is 28.0 Å². The van der Waals surface area contributed by atoms with Crippen molar-refractivity contribution in [3.8, 4) is 0 Å². The van der Waals surface area contributed by atoms with Gasteiger partial charge < -0.3 is 9.15 Å². The molecule has 0 radical (unpaired) electrons. The summed E-state index contributed by atoms with van der Waals surface area (Å²) in [5.41, 5.74) is 0.809. The molecule has 7 nitrogen and oxygen atoms in total. The molecule has 1 aromatic carbocycles. The Kier molecular flexibility index (Phi) is 4.04. The van der Waals surface area contributed by atoms with E-state index >= 15 is 0 Å². The van der Waals surface area contributed by atoms with Crippen molar-refractivity contribution < 1.29 is 13.9 Å². The van der Waals surface area contributed by atoms with Crippen molar-refractivity contribution in [2.24, 2.45) is 0 Å². The molecule has 0 atom stereocenters. The number of fused-ring (bicyclic) bond motifs is 2. The van der Waals surface area contributed by atoms with Gasteiger partial charge in [0.15, 0.2) is 0 Å². The molecule has 0 aliphatic carbocycles. The lowest BCUT2D eigenvalue weighted by molar-refractivity contribution is 0.0526. The normalized spacial score (nSPS) is 11.3. The van der Waals surface area contributed by atoms with Gasteiger partial charge in [0.05, 0.1) is 23.4 Å². The van der Waals surface area contributed by atoms with Crippen molar-refractivity contribution in [1.29, 1.82) is 0 Å². The number of carbonyl (C=O) groups is 1. The zero-order valence-corrected chi connectivity index (χ0v) is 15.0. The standard InChI is InChI=1S/C18H15N3O4S/c1-3-24-18(23)14-10(2)25-16-15(14)17(22)21(9-19-16)8-13-20-11-6-4-5-7-12(11)26-13/h4-7,9H,3,8H2,1-2H3. The molecule has 4 rings (SSSR count). The van der Waals surface area contributed by atoms with Gasteiger partial charge in [0, 0.05) is 0 Å². The van der Waals surface area contributed by atoms with Gasteiger partial charge in [0.2, 0.25) is 5.71 Å². The van der Waals surface area contributed by atoms with E-state index in [0.717, 1.165) is 15.2 Å². The zero-order valence-electron chi connectivity index (χ0n) is 14.2. The Morgan fingerprint density at radius 1 is 1.35 bits per heavy atom. The minimum atomic E-state index is -0.583. The fourth-order valence-electron chi connectivity index (χ4n) is 2.83. The molecule has 0 spiro atoms. The van der Waals surface area contributed by atoms with Crippen LogP contribution in [0.3, 0.4) is 0 Å². The lowest BCUT2D eigenvalue weighted by Crippen LogP contribution is -2.22. The van der Waals surface area contributed by atoms with Crippen LogP contribution in [0.2, 0.25) is 0 Å². The van der Waals surface area contributed by atoms with Crippen LogP contribution in [-0.2, 0) is 11.3 Å². The fraction of sp³-hybridized carbons (Fsp3) is 0.222. The molecule has 4 aromatic rings. The zero-order chi connectivity index (χ0) is 18.3. The van der Waals surface area contributed by atoms with Gasteiger partial charge in [-0.25, -0.2) is 14.8 Å². The van der Waals surface area contributed by atoms with E-state index in [2.05, 4.69) is 9.97 Å². The summed E-state index contributed by atoms with van der Waals surface area (Å²) in [6, 6.07) is 7.78. The monoisotopic (exact) mass is 369 g/mol. The topological polar surface area (TPSA) is 87.2 Å². The average Bonchev–Trinajstić information content (AvgIpc) is 3.17. The first-order chi connectivity index (χ1) is 12.6. The molecule has 26 heavy (non-hydrogen) atoms. The van der Waals surface area contributed by atoms with E-state index in [-0.39, 0.29) is 35.4 Å². The molecule has 3 heterocycles. The summed E-state index contributed by atoms with van der Waals surface area (Å²) in [5, 5.41) is 0.928. The third-order valence-electron chi connectivity index (χ3n) is 3.98. The molecule has 0 unspecified atom stereocenters. The van der Waals surface area contributed by atoms with Crippen molar-refractivity contribution >= 4 is 38.6 Å². The van der Waals surface area contributed by atoms with Gasteiger partial charge in [-0.15, -0.1) is 11.3 Å². The Hall–Kier alpha value is -3.00. The molecule has 8 heteroatoms. The summed E-state index contributed by atoms with van der Waals surface area (Å²) < 4.78 is 13.0. The van der Waals surface area contributed by atoms with Gasteiger partial charge in [-0.2, -0.15) is 0 Å². The maximum atomic E-state index is 12.9. The number of aromatic nitrogens is 3. The second kappa shape index (κ2) is 6.38. The van der Waals surface area contributed by atoms with E-state index < -0.39 is 5.97 Å². The fourth-order valence-corrected chi connectivity index (χ4v) is 3.80. The van der Waals surface area contributed by atoms with Gasteiger partial charge in [0.1, 0.15) is 28.0 Å². The number of hydrogen-bond acceptors (Lipinski definition) is 7. The predicted octanol–water partition coefficient (Wildman–Crippen LogP) is 3.13. The minimum Gasteiger partial charge on any atom is -0.462 e. The highest BCUT2D eigenvalue weighted by Crippen LogP contribution is 2.24. The lowest BCUT2D eigenvalue weighted by atomic mass is 10.2. The maximum Gasteiger partial charge on any atom is 0.342 e. The van der Waals surface area contributed by atoms with Crippen LogP contribution in [0.4, 0.5) is 0 Å². The van der Waals surface area contributed by atoms with Crippen LogP contribution in [0.25, 0.3) is 21.3 Å². The van der Waals surface area contributed by atoms with Crippen LogP contribution in [0.5, 0.6) is 0 Å². The number of aryl methyl sites for hydroxylation is 1. The Morgan fingerprint density at radius 2 is 2.15 bits per heavy atom. The number of thiazole rings is 1. The molecule has 0 fully saturated rings. The maximum absolute atomic E-state index is 12.9. The Bertz CT molecular complexity index is 1160. The summed E-state index contributed by atoms with van der Waals surface area (Å²) >= 11 is 1.52. The summed E-state index contributed by atoms with van der Waals surface area (Å²) in [5.74, 6) is -0.263. The molecule has 0 amide bonds. The van der Waals surface area contributed by atoms with E-state index in [4.69, 9.17) is 9.15 Å². The highest BCUT2D eigenvalue weighted by molar-refractivity contribution is 7.18. The Labute approximate surface area is 151 Å². The van der Waals surface area contributed by atoms with Crippen molar-refractivity contribution in [3.05, 3.63) is 57.3 Å². The third kappa shape index (κ3) is 2.68. The van der Waals surface area contributed by atoms with Crippen molar-refractivity contribution in [2.75, 3.05) is 6.61 Å². The second-order valence-corrected chi connectivity index (χ2v) is 6.80. The van der Waals surface area contributed by atoms with Crippen molar-refractivity contribution in [1.82, 2.24) is 14.5 Å². The Balaban J connectivity index is 1.81. The lowest BCUT2D eigenvalue weighted by Gasteiger charge is -2.03. The molecule has 0 saturated carbocycles. The van der Waals surface area contributed by atoms with Crippen LogP contribution < -0.4 is 5.56 Å². The molecule has 0 aliphatic heterocycles. The molecule has 0 N–H and O–H groups in total. The first kappa shape index (κ1) is 16.5. The van der Waals surface area contributed by atoms with Crippen molar-refractivity contribution in [2.45, 2.75) is 20.4 Å². The number of hydrogen-bond donors (Lipinski definition) is 0. The largest absolute Gasteiger partial charge is 0.462 e. The molecular weight excluding hydrogens is 354 g/mol. The van der Waals surface area contributed by atoms with Crippen LogP contribution in [0, 0.1) is 6.92 Å². The highest BCUT2D eigenvalue weighted by Gasteiger charge is 2.24. The third-order valence-corrected chi connectivity index (χ3v) is 5.00.